The summed E-state index contributed by atoms with van der Waals surface area (Å²) in [5, 5.41) is 3.50. The first-order valence-corrected chi connectivity index (χ1v) is 9.28. The first-order valence-electron chi connectivity index (χ1n) is 8.46. The summed E-state index contributed by atoms with van der Waals surface area (Å²) in [5.74, 6) is 1.55. The van der Waals surface area contributed by atoms with Crippen LogP contribution in [-0.2, 0) is 17.8 Å². The Bertz CT molecular complexity index is 934. The Labute approximate surface area is 155 Å². The summed E-state index contributed by atoms with van der Waals surface area (Å²) >= 11 is 1.46. The van der Waals surface area contributed by atoms with Crippen LogP contribution in [0.5, 0.6) is 11.5 Å². The van der Waals surface area contributed by atoms with Gasteiger partial charge in [-0.05, 0) is 36.8 Å². The van der Waals surface area contributed by atoms with Gasteiger partial charge >= 0.3 is 0 Å². The van der Waals surface area contributed by atoms with E-state index >= 15 is 0 Å². The van der Waals surface area contributed by atoms with Crippen molar-refractivity contribution in [2.75, 3.05) is 11.9 Å². The van der Waals surface area contributed by atoms with Gasteiger partial charge in [0.1, 0.15) is 18.1 Å². The number of amides is 1. The molecule has 132 valence electrons. The Balaban J connectivity index is 1.45. The summed E-state index contributed by atoms with van der Waals surface area (Å²) in [6.45, 7) is 3.05. The first-order chi connectivity index (χ1) is 12.7. The number of ether oxygens (including phenoxy) is 2. The van der Waals surface area contributed by atoms with E-state index in [0.29, 0.717) is 24.8 Å². The van der Waals surface area contributed by atoms with Crippen molar-refractivity contribution in [2.24, 2.45) is 0 Å². The lowest BCUT2D eigenvalue weighted by molar-refractivity contribution is -0.115. The van der Waals surface area contributed by atoms with Crippen LogP contribution in [0.15, 0.2) is 48.5 Å². The van der Waals surface area contributed by atoms with Gasteiger partial charge in [-0.1, -0.05) is 35.6 Å². The number of nitrogens with one attached hydrogen (secondary N) is 1. The predicted octanol–water partition coefficient (Wildman–Crippen LogP) is 4.28. The van der Waals surface area contributed by atoms with E-state index in [9.17, 15) is 4.79 Å². The van der Waals surface area contributed by atoms with Crippen LogP contribution in [0.25, 0.3) is 11.3 Å². The molecule has 2 aromatic carbocycles. The molecule has 0 radical (unpaired) electrons. The van der Waals surface area contributed by atoms with Crippen LogP contribution in [-0.4, -0.2) is 17.5 Å². The van der Waals surface area contributed by atoms with Gasteiger partial charge in [0.2, 0.25) is 5.91 Å². The summed E-state index contributed by atoms with van der Waals surface area (Å²) in [7, 11) is 0. The highest BCUT2D eigenvalue weighted by molar-refractivity contribution is 7.16. The molecule has 0 saturated carbocycles. The summed E-state index contributed by atoms with van der Waals surface area (Å²) in [6.07, 6.45) is 0.295. The average Bonchev–Trinajstić information content (AvgIpc) is 3.06. The Kier molecular flexibility index (Phi) is 4.58. The molecule has 6 heteroatoms. The zero-order chi connectivity index (χ0) is 17.9. The molecular formula is C20H18N2O3S. The molecule has 0 atom stereocenters. The second-order valence-corrected chi connectivity index (χ2v) is 6.96. The number of thiazole rings is 1. The van der Waals surface area contributed by atoms with Gasteiger partial charge in [0.05, 0.1) is 23.6 Å². The fraction of sp³-hybridized carbons (Fsp3) is 0.200. The largest absolute Gasteiger partial charge is 0.494 e. The number of benzene rings is 2. The van der Waals surface area contributed by atoms with Crippen LogP contribution in [0.4, 0.5) is 5.13 Å². The molecule has 5 nitrogen and oxygen atoms in total. The van der Waals surface area contributed by atoms with Gasteiger partial charge in [0.15, 0.2) is 5.13 Å². The highest BCUT2D eigenvalue weighted by atomic mass is 32.1. The predicted molar refractivity (Wildman–Crippen MR) is 102 cm³/mol. The van der Waals surface area contributed by atoms with E-state index in [-0.39, 0.29) is 5.91 Å². The Hall–Kier alpha value is -2.86. The minimum atomic E-state index is -0.0885. The molecule has 1 amide bonds. The Morgan fingerprint density at radius 2 is 2.04 bits per heavy atom. The van der Waals surface area contributed by atoms with Crippen LogP contribution in [0.3, 0.4) is 0 Å². The number of nitrogens with zero attached hydrogens (tertiary/aromatic N) is 1. The highest BCUT2D eigenvalue weighted by Gasteiger charge is 2.22. The number of fused-ring (bicyclic) bond motifs is 3. The number of hydrogen-bond acceptors (Lipinski definition) is 5. The third kappa shape index (κ3) is 3.41. The molecule has 0 saturated heterocycles. The van der Waals surface area contributed by atoms with Crippen LogP contribution in [0.1, 0.15) is 17.4 Å². The molecule has 0 aliphatic carbocycles. The molecule has 0 fully saturated rings. The van der Waals surface area contributed by atoms with Crippen LogP contribution in [0, 0.1) is 0 Å². The quantitative estimate of drug-likeness (QED) is 0.732. The molecule has 2 heterocycles. The SMILES string of the molecule is CCOc1ccc(CC(=O)Nc2nc3c(s2)COc2ccccc2-3)cc1. The molecular weight excluding hydrogens is 348 g/mol. The molecule has 0 spiro atoms. The summed E-state index contributed by atoms with van der Waals surface area (Å²) < 4.78 is 11.2. The standard InChI is InChI=1S/C20H18N2O3S/c1-2-24-14-9-7-13(8-10-14)11-18(23)21-20-22-19-15-5-3-4-6-16(15)25-12-17(19)26-20/h3-10H,2,11-12H2,1H3,(H,21,22,23). The number of carbonyl (C=O) groups is 1. The van der Waals surface area contributed by atoms with Gasteiger partial charge in [-0.15, -0.1) is 0 Å². The third-order valence-corrected chi connectivity index (χ3v) is 4.99. The number of hydrogen-bond donors (Lipinski definition) is 1. The summed E-state index contributed by atoms with van der Waals surface area (Å²) in [6, 6.07) is 15.4. The van der Waals surface area contributed by atoms with Gasteiger partial charge in [-0.25, -0.2) is 4.98 Å². The van der Waals surface area contributed by atoms with E-state index in [1.165, 1.54) is 11.3 Å². The number of para-hydroxylation sites is 1. The number of carbonyl (C=O) groups excluding carboxylic acids is 1. The number of rotatable bonds is 5. The second kappa shape index (κ2) is 7.17. The minimum absolute atomic E-state index is 0.0885. The van der Waals surface area contributed by atoms with Crippen molar-refractivity contribution < 1.29 is 14.3 Å². The third-order valence-electron chi connectivity index (χ3n) is 4.04. The zero-order valence-electron chi connectivity index (χ0n) is 14.3. The molecule has 1 aliphatic heterocycles. The lowest BCUT2D eigenvalue weighted by atomic mass is 10.1. The van der Waals surface area contributed by atoms with Crippen molar-refractivity contribution in [2.45, 2.75) is 20.0 Å². The monoisotopic (exact) mass is 366 g/mol. The van der Waals surface area contributed by atoms with Crippen molar-refractivity contribution >= 4 is 22.4 Å². The summed E-state index contributed by atoms with van der Waals surface area (Å²) in [4.78, 5) is 18.0. The lowest BCUT2D eigenvalue weighted by Gasteiger charge is -2.15. The maximum Gasteiger partial charge on any atom is 0.230 e. The Morgan fingerprint density at radius 3 is 2.85 bits per heavy atom. The number of aromatic nitrogens is 1. The Morgan fingerprint density at radius 1 is 1.23 bits per heavy atom. The zero-order valence-corrected chi connectivity index (χ0v) is 15.1. The first kappa shape index (κ1) is 16.6. The molecule has 1 aromatic heterocycles. The van der Waals surface area contributed by atoms with E-state index in [1.54, 1.807) is 0 Å². The molecule has 4 rings (SSSR count). The maximum atomic E-state index is 12.3. The van der Waals surface area contributed by atoms with Gasteiger partial charge in [0, 0.05) is 5.56 Å². The van der Waals surface area contributed by atoms with E-state index in [4.69, 9.17) is 9.47 Å². The molecule has 26 heavy (non-hydrogen) atoms. The van der Waals surface area contributed by atoms with Crippen LogP contribution < -0.4 is 14.8 Å². The maximum absolute atomic E-state index is 12.3. The van der Waals surface area contributed by atoms with Crippen LogP contribution >= 0.6 is 11.3 Å². The average molecular weight is 366 g/mol. The highest BCUT2D eigenvalue weighted by Crippen LogP contribution is 2.40. The molecule has 0 bridgehead atoms. The van der Waals surface area contributed by atoms with E-state index in [2.05, 4.69) is 10.3 Å². The fourth-order valence-electron chi connectivity index (χ4n) is 2.86. The molecule has 1 N–H and O–H groups in total. The van der Waals surface area contributed by atoms with Gasteiger partial charge in [0.25, 0.3) is 0 Å². The van der Waals surface area contributed by atoms with Crippen molar-refractivity contribution in [1.29, 1.82) is 0 Å². The van der Waals surface area contributed by atoms with Gasteiger partial charge in [-0.2, -0.15) is 0 Å². The smallest absolute Gasteiger partial charge is 0.230 e. The summed E-state index contributed by atoms with van der Waals surface area (Å²) in [5.41, 5.74) is 2.80. The van der Waals surface area contributed by atoms with E-state index in [1.807, 2.05) is 55.5 Å². The minimum Gasteiger partial charge on any atom is -0.494 e. The van der Waals surface area contributed by atoms with E-state index in [0.717, 1.165) is 33.2 Å². The van der Waals surface area contributed by atoms with Crippen molar-refractivity contribution in [1.82, 2.24) is 4.98 Å². The molecule has 1 aliphatic rings. The van der Waals surface area contributed by atoms with Crippen molar-refractivity contribution in [3.63, 3.8) is 0 Å². The van der Waals surface area contributed by atoms with Gasteiger partial charge in [-0.3, -0.25) is 4.79 Å². The van der Waals surface area contributed by atoms with Gasteiger partial charge < -0.3 is 14.8 Å². The van der Waals surface area contributed by atoms with Crippen molar-refractivity contribution in [3.8, 4) is 22.8 Å². The van der Waals surface area contributed by atoms with Crippen LogP contribution in [0.2, 0.25) is 0 Å². The lowest BCUT2D eigenvalue weighted by Crippen LogP contribution is -2.14. The second-order valence-electron chi connectivity index (χ2n) is 5.88. The number of anilines is 1. The van der Waals surface area contributed by atoms with Crippen molar-refractivity contribution in [3.05, 3.63) is 59.0 Å². The normalized spacial score (nSPS) is 11.9. The molecule has 3 aromatic rings. The fourth-order valence-corrected chi connectivity index (χ4v) is 3.77. The topological polar surface area (TPSA) is 60.5 Å². The molecule has 0 unspecified atom stereocenters. The van der Waals surface area contributed by atoms with E-state index < -0.39 is 0 Å².